The van der Waals surface area contributed by atoms with Crippen LogP contribution in [0, 0.1) is 30.3 Å². The minimum Gasteiger partial charge on any atom is -0.497 e. The van der Waals surface area contributed by atoms with E-state index < -0.39 is 37.6 Å². The fraction of sp³-hybridized carbons (Fsp3) is 0.0769. The van der Waals surface area contributed by atoms with E-state index in [2.05, 4.69) is 0 Å². The second kappa shape index (κ2) is 6.56. The van der Waals surface area contributed by atoms with Crippen molar-refractivity contribution in [2.75, 3.05) is 7.11 Å². The Morgan fingerprint density at radius 3 is 1.62 bits per heavy atom. The molecule has 124 valence electrons. The van der Waals surface area contributed by atoms with E-state index in [1.807, 2.05) is 0 Å². The van der Waals surface area contributed by atoms with Gasteiger partial charge in [-0.2, -0.15) is 0 Å². The van der Waals surface area contributed by atoms with Crippen molar-refractivity contribution in [3.05, 3.63) is 66.7 Å². The maximum Gasteiger partial charge on any atom is 0.325 e. The van der Waals surface area contributed by atoms with Crippen molar-refractivity contribution in [2.45, 2.75) is 0 Å². The zero-order chi connectivity index (χ0) is 17.9. The second-order valence-electron chi connectivity index (χ2n) is 4.36. The molecule has 0 fully saturated rings. The third kappa shape index (κ3) is 3.35. The summed E-state index contributed by atoms with van der Waals surface area (Å²) in [6.45, 7) is 0. The molecule has 0 atom stereocenters. The van der Waals surface area contributed by atoms with E-state index in [4.69, 9.17) is 9.47 Å². The lowest BCUT2D eigenvalue weighted by molar-refractivity contribution is -0.404. The van der Waals surface area contributed by atoms with Crippen LogP contribution in [0.3, 0.4) is 0 Å². The Hall–Kier alpha value is -3.76. The first-order valence-corrected chi connectivity index (χ1v) is 6.26. The highest BCUT2D eigenvalue weighted by Crippen LogP contribution is 2.42. The summed E-state index contributed by atoms with van der Waals surface area (Å²) in [6, 6.07) is 6.94. The summed E-state index contributed by atoms with van der Waals surface area (Å²) in [5, 5.41) is 33.0. The van der Waals surface area contributed by atoms with Gasteiger partial charge in [0.2, 0.25) is 0 Å². The average molecular weight is 335 g/mol. The smallest absolute Gasteiger partial charge is 0.325 e. The van der Waals surface area contributed by atoms with E-state index in [9.17, 15) is 30.3 Å². The van der Waals surface area contributed by atoms with Gasteiger partial charge in [0.25, 0.3) is 11.4 Å². The van der Waals surface area contributed by atoms with Gasteiger partial charge in [0.1, 0.15) is 11.5 Å². The van der Waals surface area contributed by atoms with Gasteiger partial charge in [-0.3, -0.25) is 30.3 Å². The fourth-order valence-electron chi connectivity index (χ4n) is 1.83. The Morgan fingerprint density at radius 1 is 0.792 bits per heavy atom. The number of nitro benzene ring substituents is 3. The Morgan fingerprint density at radius 2 is 1.25 bits per heavy atom. The predicted molar refractivity (Wildman–Crippen MR) is 79.5 cm³/mol. The molecule has 0 aliphatic carbocycles. The zero-order valence-corrected chi connectivity index (χ0v) is 12.1. The van der Waals surface area contributed by atoms with Gasteiger partial charge in [0, 0.05) is 0 Å². The highest BCUT2D eigenvalue weighted by atomic mass is 16.6. The standard InChI is InChI=1S/C13H9N3O8/c1-23-9-2-4-10(5-3-9)24-13-11(15(19)20)6-8(14(17)18)7-12(13)16(21)22/h2-7H,1H3. The molecule has 0 heterocycles. The molecule has 24 heavy (non-hydrogen) atoms. The lowest BCUT2D eigenvalue weighted by Crippen LogP contribution is -2.01. The van der Waals surface area contributed by atoms with Gasteiger partial charge in [-0.25, -0.2) is 0 Å². The topological polar surface area (TPSA) is 148 Å². The van der Waals surface area contributed by atoms with Gasteiger partial charge >= 0.3 is 11.4 Å². The van der Waals surface area contributed by atoms with Crippen molar-refractivity contribution < 1.29 is 24.2 Å². The van der Waals surface area contributed by atoms with Gasteiger partial charge in [-0.05, 0) is 24.3 Å². The van der Waals surface area contributed by atoms with Gasteiger partial charge in [0.15, 0.2) is 0 Å². The third-order valence-corrected chi connectivity index (χ3v) is 2.92. The van der Waals surface area contributed by atoms with E-state index in [1.165, 1.54) is 31.4 Å². The van der Waals surface area contributed by atoms with Gasteiger partial charge in [0.05, 0.1) is 34.0 Å². The van der Waals surface area contributed by atoms with Gasteiger partial charge in [-0.1, -0.05) is 0 Å². The first-order chi connectivity index (χ1) is 11.3. The Bertz CT molecular complexity index is 783. The molecular formula is C13H9N3O8. The van der Waals surface area contributed by atoms with Crippen molar-refractivity contribution >= 4 is 17.1 Å². The molecule has 0 unspecified atom stereocenters. The average Bonchev–Trinajstić information content (AvgIpc) is 2.54. The Kier molecular flexibility index (Phi) is 4.54. The molecule has 11 nitrogen and oxygen atoms in total. The number of rotatable bonds is 6. The van der Waals surface area contributed by atoms with E-state index in [-0.39, 0.29) is 5.75 Å². The maximum absolute atomic E-state index is 11.1. The molecule has 0 aromatic heterocycles. The van der Waals surface area contributed by atoms with Crippen molar-refractivity contribution in [2.24, 2.45) is 0 Å². The van der Waals surface area contributed by atoms with Crippen LogP contribution < -0.4 is 9.47 Å². The van der Waals surface area contributed by atoms with E-state index in [0.29, 0.717) is 17.9 Å². The number of ether oxygens (including phenoxy) is 2. The molecular weight excluding hydrogens is 326 g/mol. The Labute approximate surface area is 133 Å². The van der Waals surface area contributed by atoms with E-state index in [0.717, 1.165) is 0 Å². The fourth-order valence-corrected chi connectivity index (χ4v) is 1.83. The summed E-state index contributed by atoms with van der Waals surface area (Å²) in [5.41, 5.74) is -2.55. The first kappa shape index (κ1) is 16.6. The molecule has 0 N–H and O–H groups in total. The van der Waals surface area contributed by atoms with Crippen LogP contribution in [0.2, 0.25) is 0 Å². The second-order valence-corrected chi connectivity index (χ2v) is 4.36. The van der Waals surface area contributed by atoms with Crippen molar-refractivity contribution in [3.8, 4) is 17.2 Å². The molecule has 2 aromatic carbocycles. The highest BCUT2D eigenvalue weighted by Gasteiger charge is 2.32. The normalized spacial score (nSPS) is 10.0. The number of hydrogen-bond donors (Lipinski definition) is 0. The lowest BCUT2D eigenvalue weighted by Gasteiger charge is -2.07. The summed E-state index contributed by atoms with van der Waals surface area (Å²) in [6.07, 6.45) is 0. The molecule has 2 aromatic rings. The summed E-state index contributed by atoms with van der Waals surface area (Å²) in [4.78, 5) is 30.1. The van der Waals surface area contributed by atoms with Gasteiger partial charge < -0.3 is 9.47 Å². The number of hydrogen-bond acceptors (Lipinski definition) is 8. The van der Waals surface area contributed by atoms with Crippen molar-refractivity contribution in [1.82, 2.24) is 0 Å². The van der Waals surface area contributed by atoms with Crippen LogP contribution in [-0.4, -0.2) is 21.9 Å². The zero-order valence-electron chi connectivity index (χ0n) is 12.1. The molecule has 0 bridgehead atoms. The molecule has 11 heteroatoms. The third-order valence-electron chi connectivity index (χ3n) is 2.92. The largest absolute Gasteiger partial charge is 0.497 e. The number of non-ortho nitro benzene ring substituents is 1. The van der Waals surface area contributed by atoms with E-state index in [1.54, 1.807) is 0 Å². The van der Waals surface area contributed by atoms with Gasteiger partial charge in [-0.15, -0.1) is 0 Å². The van der Waals surface area contributed by atoms with Crippen LogP contribution in [0.4, 0.5) is 17.1 Å². The maximum atomic E-state index is 11.1. The highest BCUT2D eigenvalue weighted by molar-refractivity contribution is 5.66. The SMILES string of the molecule is COc1ccc(Oc2c([N+](=O)[O-])cc([N+](=O)[O-])cc2[N+](=O)[O-])cc1. The number of methoxy groups -OCH3 is 1. The summed E-state index contributed by atoms with van der Waals surface area (Å²) in [5.74, 6) is -0.147. The van der Waals surface area contributed by atoms with Crippen LogP contribution in [0.5, 0.6) is 17.2 Å². The molecule has 2 rings (SSSR count). The monoisotopic (exact) mass is 335 g/mol. The number of benzene rings is 2. The van der Waals surface area contributed by atoms with Crippen molar-refractivity contribution in [3.63, 3.8) is 0 Å². The summed E-state index contributed by atoms with van der Waals surface area (Å²) >= 11 is 0. The minimum absolute atomic E-state index is 0.0656. The molecule has 0 amide bonds. The Balaban J connectivity index is 2.58. The molecule has 0 aliphatic rings. The molecule has 0 aliphatic heterocycles. The number of nitro groups is 3. The summed E-state index contributed by atoms with van der Waals surface area (Å²) in [7, 11) is 1.43. The lowest BCUT2D eigenvalue weighted by atomic mass is 10.2. The van der Waals surface area contributed by atoms with Crippen LogP contribution in [0.1, 0.15) is 0 Å². The van der Waals surface area contributed by atoms with E-state index >= 15 is 0 Å². The predicted octanol–water partition coefficient (Wildman–Crippen LogP) is 3.21. The molecule has 0 spiro atoms. The van der Waals surface area contributed by atoms with Crippen LogP contribution in [-0.2, 0) is 0 Å². The molecule has 0 saturated heterocycles. The molecule has 0 saturated carbocycles. The summed E-state index contributed by atoms with van der Waals surface area (Å²) < 4.78 is 10.2. The van der Waals surface area contributed by atoms with Crippen LogP contribution >= 0.6 is 0 Å². The minimum atomic E-state index is -0.987. The molecule has 0 radical (unpaired) electrons. The van der Waals surface area contributed by atoms with Crippen LogP contribution in [0.15, 0.2) is 36.4 Å². The van der Waals surface area contributed by atoms with Crippen molar-refractivity contribution in [1.29, 1.82) is 0 Å². The number of nitrogens with zero attached hydrogens (tertiary/aromatic N) is 3. The quantitative estimate of drug-likeness (QED) is 0.577. The van der Waals surface area contributed by atoms with Crippen LogP contribution in [0.25, 0.3) is 0 Å². The first-order valence-electron chi connectivity index (χ1n) is 6.26.